The second-order valence-electron chi connectivity index (χ2n) is 9.22. The first kappa shape index (κ1) is 25.1. The number of aliphatic hydroxyl groups is 2. The second-order valence-corrected chi connectivity index (χ2v) is 9.22. The molecular weight excluding hydrogens is 449 g/mol. The van der Waals surface area contributed by atoms with E-state index < -0.39 is 11.4 Å². The molecule has 0 aromatic heterocycles. The van der Waals surface area contributed by atoms with Crippen molar-refractivity contribution in [1.29, 1.82) is 0 Å². The largest absolute Gasteiger partial charge is 0.482 e. The zero-order valence-corrected chi connectivity index (χ0v) is 20.1. The van der Waals surface area contributed by atoms with E-state index in [1.807, 2.05) is 37.0 Å². The van der Waals surface area contributed by atoms with Gasteiger partial charge in [-0.25, -0.2) is 4.39 Å². The first-order valence-corrected chi connectivity index (χ1v) is 11.8. The van der Waals surface area contributed by atoms with E-state index in [-0.39, 0.29) is 19.1 Å². The highest BCUT2D eigenvalue weighted by molar-refractivity contribution is 6.32. The fourth-order valence-corrected chi connectivity index (χ4v) is 4.49. The number of carbonyl (C=O) groups is 1. The molecule has 0 spiro atoms. The van der Waals surface area contributed by atoms with E-state index in [1.165, 1.54) is 12.1 Å². The number of nitrogens with zero attached hydrogens (tertiary/aromatic N) is 1. The number of halogens is 1. The first-order valence-electron chi connectivity index (χ1n) is 11.8. The summed E-state index contributed by atoms with van der Waals surface area (Å²) >= 11 is 0. The molecular formula is C27H32FN3O4. The highest BCUT2D eigenvalue weighted by Crippen LogP contribution is 2.44. The zero-order valence-electron chi connectivity index (χ0n) is 20.1. The van der Waals surface area contributed by atoms with Crippen LogP contribution >= 0.6 is 0 Å². The third-order valence-corrected chi connectivity index (χ3v) is 6.29. The highest BCUT2D eigenvalue weighted by Gasteiger charge is 2.38. The van der Waals surface area contributed by atoms with Gasteiger partial charge in [-0.1, -0.05) is 24.3 Å². The van der Waals surface area contributed by atoms with Crippen molar-refractivity contribution < 1.29 is 24.1 Å². The van der Waals surface area contributed by atoms with E-state index in [0.717, 1.165) is 29.8 Å². The van der Waals surface area contributed by atoms with Crippen LogP contribution in [0.25, 0.3) is 11.1 Å². The Hall–Kier alpha value is -3.04. The second kappa shape index (κ2) is 10.7. The zero-order chi connectivity index (χ0) is 25.0. The summed E-state index contributed by atoms with van der Waals surface area (Å²) in [5.74, 6) is -0.265. The lowest BCUT2D eigenvalue weighted by Crippen LogP contribution is -2.35. The van der Waals surface area contributed by atoms with E-state index >= 15 is 0 Å². The van der Waals surface area contributed by atoms with Crippen molar-refractivity contribution in [3.63, 3.8) is 0 Å². The van der Waals surface area contributed by atoms with Crippen LogP contribution in [-0.2, 0) is 16.1 Å². The molecule has 0 atom stereocenters. The van der Waals surface area contributed by atoms with Gasteiger partial charge in [-0.15, -0.1) is 0 Å². The lowest BCUT2D eigenvalue weighted by molar-refractivity contribution is -0.111. The van der Waals surface area contributed by atoms with E-state index in [1.54, 1.807) is 6.07 Å². The number of allylic oxidation sites excluding steroid dienone is 1. The third-order valence-electron chi connectivity index (χ3n) is 6.29. The molecule has 2 aliphatic heterocycles. The predicted octanol–water partition coefficient (Wildman–Crippen LogP) is 2.76. The number of benzene rings is 2. The Balaban J connectivity index is 1.46. The van der Waals surface area contributed by atoms with Crippen molar-refractivity contribution in [2.24, 2.45) is 0 Å². The molecule has 8 heteroatoms. The maximum absolute atomic E-state index is 13.9. The molecule has 0 aliphatic carbocycles. The topological polar surface area (TPSA) is 94.1 Å². The molecule has 2 aliphatic rings. The Morgan fingerprint density at radius 2 is 1.77 bits per heavy atom. The molecule has 186 valence electrons. The summed E-state index contributed by atoms with van der Waals surface area (Å²) in [6.45, 7) is 7.33. The quantitative estimate of drug-likeness (QED) is 0.308. The average molecular weight is 482 g/mol. The maximum atomic E-state index is 13.9. The van der Waals surface area contributed by atoms with E-state index in [2.05, 4.69) is 22.8 Å². The predicted molar refractivity (Wildman–Crippen MR) is 134 cm³/mol. The molecule has 1 amide bonds. The number of amides is 1. The standard InChI is InChI=1S/C27H32FN3O4/c1-27(2)22(16-24(35-27)25-21-15-20(28)7-8-23(21)30-26(25)34)19-5-3-18(4-6-19)17-29-9-10-31(11-13-32)12-14-33/h3-8,15-16,29,32-33H,9-14,17H2,1-2H3,(H,30,34)/b25-24+. The van der Waals surface area contributed by atoms with Crippen LogP contribution in [0.4, 0.5) is 10.1 Å². The third kappa shape index (κ3) is 5.62. The minimum absolute atomic E-state index is 0.0733. The van der Waals surface area contributed by atoms with Gasteiger partial charge in [-0.2, -0.15) is 0 Å². The number of carbonyl (C=O) groups excluding carboxylic acids is 1. The van der Waals surface area contributed by atoms with Gasteiger partial charge in [-0.3, -0.25) is 9.69 Å². The van der Waals surface area contributed by atoms with Gasteiger partial charge in [-0.05, 0) is 49.2 Å². The van der Waals surface area contributed by atoms with Crippen molar-refractivity contribution in [1.82, 2.24) is 10.2 Å². The summed E-state index contributed by atoms with van der Waals surface area (Å²) in [4.78, 5) is 14.6. The molecule has 0 bridgehead atoms. The summed E-state index contributed by atoms with van der Waals surface area (Å²) in [5, 5.41) is 24.4. The minimum atomic E-state index is -0.651. The number of hydrogen-bond donors (Lipinski definition) is 4. The van der Waals surface area contributed by atoms with Crippen molar-refractivity contribution in [3.8, 4) is 0 Å². The van der Waals surface area contributed by atoms with Crippen LogP contribution in [0.1, 0.15) is 30.5 Å². The number of anilines is 1. The Kier molecular flexibility index (Phi) is 7.66. The Labute approximate surface area is 204 Å². The normalized spacial score (nSPS) is 18.5. The molecule has 2 aromatic carbocycles. The molecule has 4 rings (SSSR count). The smallest absolute Gasteiger partial charge is 0.260 e. The van der Waals surface area contributed by atoms with Gasteiger partial charge in [0, 0.05) is 49.5 Å². The lowest BCUT2D eigenvalue weighted by Gasteiger charge is -2.23. The number of ether oxygens (including phenoxy) is 1. The number of nitrogens with one attached hydrogen (secondary N) is 2. The Morgan fingerprint density at radius 3 is 2.46 bits per heavy atom. The van der Waals surface area contributed by atoms with Gasteiger partial charge in [0.1, 0.15) is 17.2 Å². The number of rotatable bonds is 10. The number of fused-ring (bicyclic) bond motifs is 1. The molecule has 0 unspecified atom stereocenters. The fraction of sp³-hybridized carbons (Fsp3) is 0.370. The molecule has 0 radical (unpaired) electrons. The molecule has 4 N–H and O–H groups in total. The lowest BCUT2D eigenvalue weighted by atomic mass is 9.91. The molecule has 2 heterocycles. The van der Waals surface area contributed by atoms with Gasteiger partial charge < -0.3 is 25.6 Å². The SMILES string of the molecule is CC1(C)O/C(=C2/C(=O)Nc3ccc(F)cc32)C=C1c1ccc(CNCCN(CCO)CCO)cc1. The summed E-state index contributed by atoms with van der Waals surface area (Å²) in [6, 6.07) is 12.4. The van der Waals surface area contributed by atoms with Gasteiger partial charge >= 0.3 is 0 Å². The average Bonchev–Trinajstić information content (AvgIpc) is 3.31. The Morgan fingerprint density at radius 1 is 1.06 bits per heavy atom. The number of aliphatic hydroxyl groups excluding tert-OH is 2. The van der Waals surface area contributed by atoms with Crippen LogP contribution in [0.15, 0.2) is 54.3 Å². The van der Waals surface area contributed by atoms with Crippen molar-refractivity contribution in [2.75, 3.05) is 44.7 Å². The van der Waals surface area contributed by atoms with Crippen molar-refractivity contribution >= 4 is 22.7 Å². The summed E-state index contributed by atoms with van der Waals surface area (Å²) in [5.41, 5.74) is 3.84. The minimum Gasteiger partial charge on any atom is -0.482 e. The summed E-state index contributed by atoms with van der Waals surface area (Å²) < 4.78 is 20.0. The first-order chi connectivity index (χ1) is 16.8. The van der Waals surface area contributed by atoms with Gasteiger partial charge in [0.05, 0.1) is 18.8 Å². The maximum Gasteiger partial charge on any atom is 0.260 e. The van der Waals surface area contributed by atoms with Crippen LogP contribution < -0.4 is 10.6 Å². The highest BCUT2D eigenvalue weighted by atomic mass is 19.1. The van der Waals surface area contributed by atoms with Gasteiger partial charge in [0.2, 0.25) is 0 Å². The Bertz CT molecular complexity index is 1140. The van der Waals surface area contributed by atoms with Gasteiger partial charge in [0.25, 0.3) is 5.91 Å². The molecule has 0 saturated heterocycles. The van der Waals surface area contributed by atoms with E-state index in [0.29, 0.717) is 42.2 Å². The molecule has 0 saturated carbocycles. The molecule has 0 fully saturated rings. The van der Waals surface area contributed by atoms with Crippen LogP contribution in [-0.4, -0.2) is 66.0 Å². The summed E-state index contributed by atoms with van der Waals surface area (Å²) in [6.07, 6.45) is 1.87. The summed E-state index contributed by atoms with van der Waals surface area (Å²) in [7, 11) is 0. The fourth-order valence-electron chi connectivity index (χ4n) is 4.49. The van der Waals surface area contributed by atoms with Crippen LogP contribution in [0, 0.1) is 5.82 Å². The molecule has 7 nitrogen and oxygen atoms in total. The van der Waals surface area contributed by atoms with Crippen LogP contribution in [0.2, 0.25) is 0 Å². The molecule has 35 heavy (non-hydrogen) atoms. The van der Waals surface area contributed by atoms with Crippen LogP contribution in [0.5, 0.6) is 0 Å². The van der Waals surface area contributed by atoms with Crippen molar-refractivity contribution in [3.05, 3.63) is 76.8 Å². The van der Waals surface area contributed by atoms with Gasteiger partial charge in [0.15, 0.2) is 0 Å². The van der Waals surface area contributed by atoms with E-state index in [9.17, 15) is 9.18 Å². The van der Waals surface area contributed by atoms with Crippen molar-refractivity contribution in [2.45, 2.75) is 26.0 Å². The molecule has 2 aromatic rings. The number of hydrogen-bond acceptors (Lipinski definition) is 6. The van der Waals surface area contributed by atoms with E-state index in [4.69, 9.17) is 14.9 Å². The monoisotopic (exact) mass is 481 g/mol. The van der Waals surface area contributed by atoms with Crippen LogP contribution in [0.3, 0.4) is 0 Å².